The van der Waals surface area contributed by atoms with Crippen LogP contribution in [0.5, 0.6) is 5.75 Å². The molecule has 0 fully saturated rings. The molecule has 0 aromatic heterocycles. The highest BCUT2D eigenvalue weighted by Gasteiger charge is 2.24. The number of benzene rings is 2. The lowest BCUT2D eigenvalue weighted by Crippen LogP contribution is -2.19. The van der Waals surface area contributed by atoms with Crippen LogP contribution in [-0.4, -0.2) is 6.61 Å². The molecule has 1 atom stereocenters. The van der Waals surface area contributed by atoms with Crippen molar-refractivity contribution < 1.29 is 13.5 Å². The van der Waals surface area contributed by atoms with E-state index in [1.165, 1.54) is 12.1 Å². The van der Waals surface area contributed by atoms with E-state index in [2.05, 4.69) is 15.9 Å². The zero-order chi connectivity index (χ0) is 15.0. The molecule has 0 spiro atoms. The third kappa shape index (κ3) is 2.68. The molecule has 0 bridgehead atoms. The molecule has 2 aromatic rings. The number of ether oxygens (including phenoxy) is 1. The smallest absolute Gasteiger partial charge is 0.132 e. The summed E-state index contributed by atoms with van der Waals surface area (Å²) in [4.78, 5) is 0. The summed E-state index contributed by atoms with van der Waals surface area (Å²) in [7, 11) is 0. The van der Waals surface area contributed by atoms with E-state index in [1.54, 1.807) is 6.07 Å². The number of nitrogens with two attached hydrogens (primary N) is 1. The maximum atomic E-state index is 14.1. The highest BCUT2D eigenvalue weighted by molar-refractivity contribution is 9.10. The second-order valence-corrected chi connectivity index (χ2v) is 5.96. The van der Waals surface area contributed by atoms with Gasteiger partial charge in [0.1, 0.15) is 17.4 Å². The van der Waals surface area contributed by atoms with Crippen molar-refractivity contribution >= 4 is 15.9 Å². The molecular formula is C16H14BrF2NO. The maximum Gasteiger partial charge on any atom is 0.132 e. The van der Waals surface area contributed by atoms with Crippen molar-refractivity contribution in [3.05, 3.63) is 63.1 Å². The Morgan fingerprint density at radius 3 is 2.62 bits per heavy atom. The van der Waals surface area contributed by atoms with Crippen LogP contribution in [0.15, 0.2) is 34.8 Å². The van der Waals surface area contributed by atoms with E-state index in [1.807, 2.05) is 12.1 Å². The fraction of sp³-hybridized carbons (Fsp3) is 0.250. The molecule has 3 rings (SSSR count). The molecule has 1 heterocycles. The highest BCUT2D eigenvalue weighted by Crippen LogP contribution is 2.36. The predicted molar refractivity (Wildman–Crippen MR) is 80.3 cm³/mol. The van der Waals surface area contributed by atoms with Crippen LogP contribution < -0.4 is 10.5 Å². The SMILES string of the molecule is NC(c1cccc2c1OCCC2)c1c(F)cc(Br)cc1F. The minimum absolute atomic E-state index is 0.138. The molecule has 110 valence electrons. The largest absolute Gasteiger partial charge is 0.493 e. The Morgan fingerprint density at radius 2 is 1.90 bits per heavy atom. The van der Waals surface area contributed by atoms with Gasteiger partial charge in [-0.3, -0.25) is 0 Å². The molecule has 1 aliphatic rings. The lowest BCUT2D eigenvalue weighted by atomic mass is 9.93. The second-order valence-electron chi connectivity index (χ2n) is 5.05. The molecule has 1 aliphatic heterocycles. The topological polar surface area (TPSA) is 35.2 Å². The number of aryl methyl sites for hydroxylation is 1. The molecule has 0 aliphatic carbocycles. The van der Waals surface area contributed by atoms with Crippen molar-refractivity contribution in [2.75, 3.05) is 6.61 Å². The number of para-hydroxylation sites is 1. The number of fused-ring (bicyclic) bond motifs is 1. The van der Waals surface area contributed by atoms with Crippen LogP contribution in [0.4, 0.5) is 8.78 Å². The summed E-state index contributed by atoms with van der Waals surface area (Å²) in [5.74, 6) is -0.663. The van der Waals surface area contributed by atoms with E-state index in [0.29, 0.717) is 22.4 Å². The quantitative estimate of drug-likeness (QED) is 0.881. The van der Waals surface area contributed by atoms with E-state index in [9.17, 15) is 8.78 Å². The molecule has 2 N–H and O–H groups in total. The van der Waals surface area contributed by atoms with Gasteiger partial charge in [-0.15, -0.1) is 0 Å². The molecule has 21 heavy (non-hydrogen) atoms. The summed E-state index contributed by atoms with van der Waals surface area (Å²) in [5.41, 5.74) is 7.63. The molecule has 0 amide bonds. The fourth-order valence-corrected chi connectivity index (χ4v) is 3.07. The number of hydrogen-bond acceptors (Lipinski definition) is 2. The van der Waals surface area contributed by atoms with Crippen LogP contribution in [0.3, 0.4) is 0 Å². The van der Waals surface area contributed by atoms with E-state index in [0.717, 1.165) is 18.4 Å². The van der Waals surface area contributed by atoms with Gasteiger partial charge < -0.3 is 10.5 Å². The minimum Gasteiger partial charge on any atom is -0.493 e. The van der Waals surface area contributed by atoms with Crippen molar-refractivity contribution in [3.8, 4) is 5.75 Å². The van der Waals surface area contributed by atoms with E-state index in [4.69, 9.17) is 10.5 Å². The first-order valence-electron chi connectivity index (χ1n) is 6.72. The van der Waals surface area contributed by atoms with Gasteiger partial charge in [0.05, 0.1) is 12.6 Å². The van der Waals surface area contributed by atoms with Crippen molar-refractivity contribution in [2.24, 2.45) is 5.73 Å². The maximum absolute atomic E-state index is 14.1. The molecular weight excluding hydrogens is 340 g/mol. The zero-order valence-corrected chi connectivity index (χ0v) is 12.8. The van der Waals surface area contributed by atoms with E-state index in [-0.39, 0.29) is 5.56 Å². The molecule has 2 nitrogen and oxygen atoms in total. The lowest BCUT2D eigenvalue weighted by molar-refractivity contribution is 0.284. The summed E-state index contributed by atoms with van der Waals surface area (Å²) in [6.07, 6.45) is 1.83. The van der Waals surface area contributed by atoms with Crippen molar-refractivity contribution in [1.29, 1.82) is 0 Å². The third-order valence-electron chi connectivity index (χ3n) is 3.65. The first kappa shape index (κ1) is 14.5. The standard InChI is InChI=1S/C16H14BrF2NO/c17-10-7-12(18)14(13(19)8-10)15(20)11-5-1-3-9-4-2-6-21-16(9)11/h1,3,5,7-8,15H,2,4,6,20H2. The average Bonchev–Trinajstić information content (AvgIpc) is 2.45. The Bertz CT molecular complexity index is 667. The van der Waals surface area contributed by atoms with Gasteiger partial charge in [0, 0.05) is 15.6 Å². The number of halogens is 3. The van der Waals surface area contributed by atoms with Gasteiger partial charge in [0.2, 0.25) is 0 Å². The van der Waals surface area contributed by atoms with Crippen LogP contribution in [0, 0.1) is 11.6 Å². The van der Waals surface area contributed by atoms with Gasteiger partial charge >= 0.3 is 0 Å². The van der Waals surface area contributed by atoms with Crippen LogP contribution in [-0.2, 0) is 6.42 Å². The van der Waals surface area contributed by atoms with E-state index >= 15 is 0 Å². The summed E-state index contributed by atoms with van der Waals surface area (Å²) >= 11 is 3.07. The average molecular weight is 354 g/mol. The van der Waals surface area contributed by atoms with Gasteiger partial charge in [0.15, 0.2) is 0 Å². The molecule has 5 heteroatoms. The van der Waals surface area contributed by atoms with Crippen LogP contribution in [0.1, 0.15) is 29.2 Å². The van der Waals surface area contributed by atoms with Crippen molar-refractivity contribution in [2.45, 2.75) is 18.9 Å². The Hall–Kier alpha value is -1.46. The Morgan fingerprint density at radius 1 is 1.19 bits per heavy atom. The fourth-order valence-electron chi connectivity index (χ4n) is 2.67. The van der Waals surface area contributed by atoms with Gasteiger partial charge in [-0.2, -0.15) is 0 Å². The Labute approximate surface area is 130 Å². The monoisotopic (exact) mass is 353 g/mol. The molecule has 0 saturated carbocycles. The van der Waals surface area contributed by atoms with Crippen LogP contribution in [0.25, 0.3) is 0 Å². The summed E-state index contributed by atoms with van der Waals surface area (Å²) in [5, 5.41) is 0. The lowest BCUT2D eigenvalue weighted by Gasteiger charge is -2.24. The van der Waals surface area contributed by atoms with Gasteiger partial charge in [-0.05, 0) is 30.5 Å². The van der Waals surface area contributed by atoms with Crippen molar-refractivity contribution in [1.82, 2.24) is 0 Å². The normalized spacial score (nSPS) is 15.2. The molecule has 1 unspecified atom stereocenters. The number of hydrogen-bond donors (Lipinski definition) is 1. The zero-order valence-electron chi connectivity index (χ0n) is 11.2. The molecule has 0 saturated heterocycles. The Balaban J connectivity index is 2.09. The first-order chi connectivity index (χ1) is 10.1. The predicted octanol–water partition coefficient (Wildman–Crippen LogP) is 4.10. The summed E-state index contributed by atoms with van der Waals surface area (Å²) in [6.45, 7) is 0.599. The summed E-state index contributed by atoms with van der Waals surface area (Å²) < 4.78 is 34.2. The van der Waals surface area contributed by atoms with Gasteiger partial charge in [-0.25, -0.2) is 8.78 Å². The molecule has 2 aromatic carbocycles. The first-order valence-corrected chi connectivity index (χ1v) is 7.52. The summed E-state index contributed by atoms with van der Waals surface area (Å²) in [6, 6.07) is 7.10. The minimum atomic E-state index is -0.897. The van der Waals surface area contributed by atoms with Crippen LogP contribution in [0.2, 0.25) is 0 Å². The Kier molecular flexibility index (Phi) is 3.95. The van der Waals surface area contributed by atoms with Gasteiger partial charge in [-0.1, -0.05) is 34.1 Å². The highest BCUT2D eigenvalue weighted by atomic mass is 79.9. The van der Waals surface area contributed by atoms with Gasteiger partial charge in [0.25, 0.3) is 0 Å². The van der Waals surface area contributed by atoms with Crippen LogP contribution >= 0.6 is 15.9 Å². The van der Waals surface area contributed by atoms with E-state index < -0.39 is 17.7 Å². The second kappa shape index (κ2) is 5.73. The molecule has 0 radical (unpaired) electrons. The third-order valence-corrected chi connectivity index (χ3v) is 4.11. The number of rotatable bonds is 2. The van der Waals surface area contributed by atoms with Crippen molar-refractivity contribution in [3.63, 3.8) is 0 Å².